The van der Waals surface area contributed by atoms with Crippen LogP contribution in [0.15, 0.2) is 24.3 Å². The van der Waals surface area contributed by atoms with Crippen LogP contribution in [-0.2, 0) is 20.7 Å². The average molecular weight is 375 g/mol. The Morgan fingerprint density at radius 2 is 1.85 bits per heavy atom. The lowest BCUT2D eigenvalue weighted by Gasteiger charge is -2.42. The van der Waals surface area contributed by atoms with E-state index in [4.69, 9.17) is 9.47 Å². The number of hydrogen-bond donors (Lipinski definition) is 0. The molecule has 2 fully saturated rings. The van der Waals surface area contributed by atoms with Crippen molar-refractivity contribution < 1.29 is 14.3 Å². The summed E-state index contributed by atoms with van der Waals surface area (Å²) in [5.41, 5.74) is 2.62. The highest BCUT2D eigenvalue weighted by Crippen LogP contribution is 2.44. The van der Waals surface area contributed by atoms with Crippen molar-refractivity contribution in [3.63, 3.8) is 0 Å². The SMILES string of the molecule is COCCN1C[C@@H](COC)C2(CCN(C(=O)Cc3ccc(C)cc3)CC2)C1. The summed E-state index contributed by atoms with van der Waals surface area (Å²) >= 11 is 0. The number of ether oxygens (including phenoxy) is 2. The van der Waals surface area contributed by atoms with Gasteiger partial charge in [-0.3, -0.25) is 4.79 Å². The molecule has 3 rings (SSSR count). The molecular formula is C22H34N2O3. The van der Waals surface area contributed by atoms with Crippen molar-refractivity contribution in [1.82, 2.24) is 9.80 Å². The molecule has 0 saturated carbocycles. The van der Waals surface area contributed by atoms with Crippen molar-refractivity contribution in [1.29, 1.82) is 0 Å². The highest BCUT2D eigenvalue weighted by molar-refractivity contribution is 5.78. The van der Waals surface area contributed by atoms with Crippen molar-refractivity contribution in [2.75, 3.05) is 60.2 Å². The van der Waals surface area contributed by atoms with Gasteiger partial charge < -0.3 is 19.3 Å². The third-order valence-electron chi connectivity index (χ3n) is 6.45. The molecule has 27 heavy (non-hydrogen) atoms. The van der Waals surface area contributed by atoms with Gasteiger partial charge in [0.15, 0.2) is 0 Å². The first kappa shape index (κ1) is 20.3. The molecular weight excluding hydrogens is 340 g/mol. The number of aryl methyl sites for hydroxylation is 1. The third-order valence-corrected chi connectivity index (χ3v) is 6.45. The monoisotopic (exact) mass is 374 g/mol. The molecule has 2 heterocycles. The Balaban J connectivity index is 1.57. The molecule has 0 N–H and O–H groups in total. The van der Waals surface area contributed by atoms with Crippen molar-refractivity contribution in [3.05, 3.63) is 35.4 Å². The third kappa shape index (κ3) is 4.89. The van der Waals surface area contributed by atoms with E-state index in [1.54, 1.807) is 14.2 Å². The smallest absolute Gasteiger partial charge is 0.226 e. The van der Waals surface area contributed by atoms with E-state index >= 15 is 0 Å². The van der Waals surface area contributed by atoms with Crippen molar-refractivity contribution in [3.8, 4) is 0 Å². The Bertz CT molecular complexity index is 608. The first-order valence-electron chi connectivity index (χ1n) is 10.1. The van der Waals surface area contributed by atoms with E-state index in [1.807, 2.05) is 0 Å². The number of nitrogens with zero attached hydrogens (tertiary/aromatic N) is 2. The fraction of sp³-hybridized carbons (Fsp3) is 0.682. The summed E-state index contributed by atoms with van der Waals surface area (Å²) in [6.45, 7) is 8.54. The molecule has 150 valence electrons. The predicted octanol–water partition coefficient (Wildman–Crippen LogP) is 2.37. The van der Waals surface area contributed by atoms with Gasteiger partial charge in [0.05, 0.1) is 19.6 Å². The predicted molar refractivity (Wildman–Crippen MR) is 107 cm³/mol. The van der Waals surface area contributed by atoms with E-state index in [-0.39, 0.29) is 11.3 Å². The maximum Gasteiger partial charge on any atom is 0.226 e. The van der Waals surface area contributed by atoms with Gasteiger partial charge in [0.2, 0.25) is 5.91 Å². The molecule has 1 aromatic rings. The van der Waals surface area contributed by atoms with Gasteiger partial charge >= 0.3 is 0 Å². The fourth-order valence-electron chi connectivity index (χ4n) is 4.73. The zero-order valence-electron chi connectivity index (χ0n) is 17.1. The number of likely N-dealkylation sites (tertiary alicyclic amines) is 2. The Morgan fingerprint density at radius 3 is 2.48 bits per heavy atom. The summed E-state index contributed by atoms with van der Waals surface area (Å²) in [4.78, 5) is 17.3. The summed E-state index contributed by atoms with van der Waals surface area (Å²) in [7, 11) is 3.56. The molecule has 1 spiro atoms. The molecule has 0 aromatic heterocycles. The number of amides is 1. The second-order valence-corrected chi connectivity index (χ2v) is 8.29. The van der Waals surface area contributed by atoms with Gasteiger partial charge in [-0.05, 0) is 30.7 Å². The quantitative estimate of drug-likeness (QED) is 0.735. The van der Waals surface area contributed by atoms with Gasteiger partial charge in [-0.2, -0.15) is 0 Å². The first-order valence-corrected chi connectivity index (χ1v) is 10.1. The topological polar surface area (TPSA) is 42.0 Å². The number of benzene rings is 1. The second-order valence-electron chi connectivity index (χ2n) is 8.29. The molecule has 0 aliphatic carbocycles. The van der Waals surface area contributed by atoms with E-state index in [9.17, 15) is 4.79 Å². The molecule has 1 aromatic carbocycles. The van der Waals surface area contributed by atoms with E-state index < -0.39 is 0 Å². The maximum atomic E-state index is 12.7. The lowest BCUT2D eigenvalue weighted by molar-refractivity contribution is -0.133. The molecule has 5 heteroatoms. The van der Waals surface area contributed by atoms with Crippen LogP contribution in [0.3, 0.4) is 0 Å². The van der Waals surface area contributed by atoms with Crippen LogP contribution in [0, 0.1) is 18.3 Å². The summed E-state index contributed by atoms with van der Waals surface area (Å²) in [6.07, 6.45) is 2.66. The summed E-state index contributed by atoms with van der Waals surface area (Å²) in [5.74, 6) is 0.805. The highest BCUT2D eigenvalue weighted by Gasteiger charge is 2.48. The lowest BCUT2D eigenvalue weighted by Crippen LogP contribution is -2.47. The van der Waals surface area contributed by atoms with Gasteiger partial charge in [-0.25, -0.2) is 0 Å². The normalized spacial score (nSPS) is 22.5. The van der Waals surface area contributed by atoms with Crippen LogP contribution < -0.4 is 0 Å². The number of methoxy groups -OCH3 is 2. The number of carbonyl (C=O) groups excluding carboxylic acids is 1. The number of hydrogen-bond acceptors (Lipinski definition) is 4. The minimum absolute atomic E-state index is 0.256. The summed E-state index contributed by atoms with van der Waals surface area (Å²) < 4.78 is 10.8. The van der Waals surface area contributed by atoms with Crippen LogP contribution in [0.5, 0.6) is 0 Å². The number of piperidine rings is 1. The summed E-state index contributed by atoms with van der Waals surface area (Å²) in [6, 6.07) is 8.29. The molecule has 0 unspecified atom stereocenters. The standard InChI is InChI=1S/C22H34N2O3/c1-18-4-6-19(7-5-18)14-21(25)24-10-8-22(9-11-24)17-23(12-13-26-2)15-20(22)16-27-3/h4-7,20H,8-17H2,1-3H3/t20-/m0/s1. The molecule has 2 saturated heterocycles. The molecule has 0 bridgehead atoms. The largest absolute Gasteiger partial charge is 0.384 e. The molecule has 1 amide bonds. The van der Waals surface area contributed by atoms with Gasteiger partial charge in [0.1, 0.15) is 0 Å². The van der Waals surface area contributed by atoms with E-state index in [0.717, 1.165) is 64.3 Å². The van der Waals surface area contributed by atoms with Crippen molar-refractivity contribution in [2.24, 2.45) is 11.3 Å². The Kier molecular flexibility index (Phi) is 6.90. The van der Waals surface area contributed by atoms with Gasteiger partial charge in [0.25, 0.3) is 0 Å². The zero-order chi connectivity index (χ0) is 19.3. The van der Waals surface area contributed by atoms with Crippen LogP contribution >= 0.6 is 0 Å². The average Bonchev–Trinajstić information content (AvgIpc) is 2.99. The molecule has 2 aliphatic heterocycles. The van der Waals surface area contributed by atoms with Crippen LogP contribution in [0.2, 0.25) is 0 Å². The first-order chi connectivity index (χ1) is 13.1. The van der Waals surface area contributed by atoms with Crippen LogP contribution in [0.1, 0.15) is 24.0 Å². The number of rotatable bonds is 7. The number of carbonyl (C=O) groups is 1. The molecule has 2 aliphatic rings. The second kappa shape index (κ2) is 9.18. The van der Waals surface area contributed by atoms with Gasteiger partial charge in [-0.15, -0.1) is 0 Å². The van der Waals surface area contributed by atoms with Crippen molar-refractivity contribution in [2.45, 2.75) is 26.2 Å². The minimum atomic E-state index is 0.256. The van der Waals surface area contributed by atoms with Crippen LogP contribution in [0.25, 0.3) is 0 Å². The molecule has 5 nitrogen and oxygen atoms in total. The molecule has 1 atom stereocenters. The lowest BCUT2D eigenvalue weighted by atomic mass is 9.71. The van der Waals surface area contributed by atoms with E-state index in [0.29, 0.717) is 12.3 Å². The summed E-state index contributed by atoms with van der Waals surface area (Å²) in [5, 5.41) is 0. The van der Waals surface area contributed by atoms with Crippen LogP contribution in [-0.4, -0.2) is 75.9 Å². The highest BCUT2D eigenvalue weighted by atomic mass is 16.5. The molecule has 0 radical (unpaired) electrons. The van der Waals surface area contributed by atoms with E-state index in [2.05, 4.69) is 41.0 Å². The van der Waals surface area contributed by atoms with E-state index in [1.165, 1.54) is 5.56 Å². The van der Waals surface area contributed by atoms with Gasteiger partial charge in [-0.1, -0.05) is 29.8 Å². The van der Waals surface area contributed by atoms with Gasteiger partial charge in [0, 0.05) is 52.9 Å². The Morgan fingerprint density at radius 1 is 1.15 bits per heavy atom. The fourth-order valence-corrected chi connectivity index (χ4v) is 4.73. The minimum Gasteiger partial charge on any atom is -0.384 e. The Labute approximate surface area is 163 Å². The van der Waals surface area contributed by atoms with Crippen molar-refractivity contribution >= 4 is 5.91 Å². The Hall–Kier alpha value is -1.43. The van der Waals surface area contributed by atoms with Crippen LogP contribution in [0.4, 0.5) is 0 Å². The zero-order valence-corrected chi connectivity index (χ0v) is 17.1. The maximum absolute atomic E-state index is 12.7.